The summed E-state index contributed by atoms with van der Waals surface area (Å²) in [4.78, 5) is 35.5. The van der Waals surface area contributed by atoms with Crippen molar-refractivity contribution < 1.29 is 19.5 Å². The van der Waals surface area contributed by atoms with Gasteiger partial charge in [0.2, 0.25) is 5.91 Å². The fourth-order valence-electron chi connectivity index (χ4n) is 2.21. The van der Waals surface area contributed by atoms with Gasteiger partial charge in [-0.25, -0.2) is 0 Å². The highest BCUT2D eigenvalue weighted by Crippen LogP contribution is 2.25. The van der Waals surface area contributed by atoms with Gasteiger partial charge in [0.25, 0.3) is 5.24 Å². The summed E-state index contributed by atoms with van der Waals surface area (Å²) in [6, 6.07) is -0.493. The molecule has 0 spiro atoms. The van der Waals surface area contributed by atoms with Crippen molar-refractivity contribution in [2.24, 2.45) is 11.8 Å². The molecule has 17 heavy (non-hydrogen) atoms. The molecule has 7 heteroatoms. The largest absolute Gasteiger partial charge is 0.481 e. The van der Waals surface area contributed by atoms with Crippen LogP contribution in [0.4, 0.5) is 4.79 Å². The van der Waals surface area contributed by atoms with Gasteiger partial charge in [0.05, 0.1) is 5.92 Å². The zero-order valence-corrected chi connectivity index (χ0v) is 10.2. The normalized spacial score (nSPS) is 32.6. The molecule has 0 unspecified atom stereocenters. The molecule has 2 rings (SSSR count). The van der Waals surface area contributed by atoms with Crippen LogP contribution < -0.4 is 5.32 Å². The van der Waals surface area contributed by atoms with Crippen LogP contribution in [0.25, 0.3) is 0 Å². The van der Waals surface area contributed by atoms with Gasteiger partial charge in [0.1, 0.15) is 6.04 Å². The van der Waals surface area contributed by atoms with Gasteiger partial charge in [-0.1, -0.05) is 18.7 Å². The average molecular weight is 258 g/mol. The van der Waals surface area contributed by atoms with E-state index in [-0.39, 0.29) is 23.6 Å². The third-order valence-electron chi connectivity index (χ3n) is 3.21. The monoisotopic (exact) mass is 258 g/mol. The van der Waals surface area contributed by atoms with Crippen molar-refractivity contribution in [2.45, 2.75) is 13.0 Å². The quantitative estimate of drug-likeness (QED) is 0.727. The van der Waals surface area contributed by atoms with Crippen LogP contribution >= 0.6 is 11.8 Å². The molecule has 0 aliphatic carbocycles. The molecule has 3 atom stereocenters. The Balaban J connectivity index is 1.98. The van der Waals surface area contributed by atoms with Gasteiger partial charge in [-0.05, 0) is 5.92 Å². The van der Waals surface area contributed by atoms with Crippen molar-refractivity contribution >= 4 is 28.9 Å². The third-order valence-corrected chi connectivity index (χ3v) is 4.09. The predicted molar refractivity (Wildman–Crippen MR) is 61.6 cm³/mol. The Hall–Kier alpha value is -1.24. The lowest BCUT2D eigenvalue weighted by atomic mass is 9.99. The number of carboxylic acids is 1. The van der Waals surface area contributed by atoms with Crippen molar-refractivity contribution in [2.75, 3.05) is 18.8 Å². The van der Waals surface area contributed by atoms with Crippen LogP contribution in [-0.4, -0.2) is 52.0 Å². The van der Waals surface area contributed by atoms with E-state index in [0.717, 1.165) is 11.8 Å². The molecule has 0 aromatic carbocycles. The van der Waals surface area contributed by atoms with E-state index in [1.165, 1.54) is 0 Å². The average Bonchev–Trinajstić information content (AvgIpc) is 2.83. The fraction of sp³-hybridized carbons (Fsp3) is 0.700. The lowest BCUT2D eigenvalue weighted by molar-refractivity contribution is -0.142. The first kappa shape index (κ1) is 12.2. The minimum absolute atomic E-state index is 0.0405. The van der Waals surface area contributed by atoms with Gasteiger partial charge in [0, 0.05) is 18.8 Å². The molecule has 0 radical (unpaired) electrons. The van der Waals surface area contributed by atoms with E-state index in [0.29, 0.717) is 12.3 Å². The summed E-state index contributed by atoms with van der Waals surface area (Å²) in [5.74, 6) is -1.14. The lowest BCUT2D eigenvalue weighted by Crippen LogP contribution is -2.44. The number of nitrogens with one attached hydrogen (secondary N) is 1. The Kier molecular flexibility index (Phi) is 3.28. The number of hydrogen-bond acceptors (Lipinski definition) is 4. The Morgan fingerprint density at radius 2 is 2.18 bits per heavy atom. The number of carbonyl (C=O) groups excluding carboxylic acids is 2. The summed E-state index contributed by atoms with van der Waals surface area (Å²) in [7, 11) is 0. The maximum atomic E-state index is 12.0. The first-order valence-corrected chi connectivity index (χ1v) is 6.42. The van der Waals surface area contributed by atoms with E-state index >= 15 is 0 Å². The van der Waals surface area contributed by atoms with Gasteiger partial charge in [0.15, 0.2) is 0 Å². The first-order valence-electron chi connectivity index (χ1n) is 5.44. The molecule has 0 saturated carbocycles. The molecule has 2 N–H and O–H groups in total. The topological polar surface area (TPSA) is 86.7 Å². The number of carbonyl (C=O) groups is 3. The first-order chi connectivity index (χ1) is 7.99. The maximum Gasteiger partial charge on any atom is 0.308 e. The van der Waals surface area contributed by atoms with Gasteiger partial charge in [-0.15, -0.1) is 0 Å². The van der Waals surface area contributed by atoms with Gasteiger partial charge >= 0.3 is 5.97 Å². The number of rotatable bonds is 2. The van der Waals surface area contributed by atoms with Crippen molar-refractivity contribution in [3.63, 3.8) is 0 Å². The highest BCUT2D eigenvalue weighted by molar-refractivity contribution is 8.14. The second-order valence-electron chi connectivity index (χ2n) is 4.46. The number of likely N-dealkylation sites (tertiary alicyclic amines) is 1. The highest BCUT2D eigenvalue weighted by atomic mass is 32.2. The van der Waals surface area contributed by atoms with Crippen molar-refractivity contribution in [3.05, 3.63) is 0 Å². The van der Waals surface area contributed by atoms with Gasteiger partial charge < -0.3 is 15.3 Å². The van der Waals surface area contributed by atoms with E-state index in [4.69, 9.17) is 5.11 Å². The molecule has 2 aliphatic rings. The standard InChI is InChI=1S/C10H14N2O4S/c1-5-2-12(3-6(5)9(14)15)8(13)7-4-17-10(16)11-7/h5-7H,2-4H2,1H3,(H,11,16)(H,14,15)/t5-,6-,7+/m1/s1. The van der Waals surface area contributed by atoms with E-state index in [9.17, 15) is 14.4 Å². The number of aliphatic carboxylic acids is 1. The molecular formula is C10H14N2O4S. The Labute approximate surface area is 103 Å². The smallest absolute Gasteiger partial charge is 0.308 e. The maximum absolute atomic E-state index is 12.0. The van der Waals surface area contributed by atoms with Crippen LogP contribution in [0.2, 0.25) is 0 Å². The molecule has 94 valence electrons. The fourth-order valence-corrected chi connectivity index (χ4v) is 2.98. The third kappa shape index (κ3) is 2.38. The SMILES string of the molecule is C[C@@H]1CN(C(=O)[C@@H]2CSC(=O)N2)C[C@H]1C(=O)O. The minimum atomic E-state index is -0.863. The molecule has 0 aromatic rings. The van der Waals surface area contributed by atoms with Crippen LogP contribution in [0.1, 0.15) is 6.92 Å². The van der Waals surface area contributed by atoms with E-state index in [1.807, 2.05) is 6.92 Å². The Morgan fingerprint density at radius 1 is 1.47 bits per heavy atom. The number of hydrogen-bond donors (Lipinski definition) is 2. The van der Waals surface area contributed by atoms with Crippen molar-refractivity contribution in [3.8, 4) is 0 Å². The van der Waals surface area contributed by atoms with Crippen LogP contribution in [0.15, 0.2) is 0 Å². The second kappa shape index (κ2) is 4.56. The zero-order chi connectivity index (χ0) is 12.6. The summed E-state index contributed by atoms with van der Waals surface area (Å²) in [6.45, 7) is 2.52. The summed E-state index contributed by atoms with van der Waals surface area (Å²) < 4.78 is 0. The van der Waals surface area contributed by atoms with Crippen molar-refractivity contribution in [1.82, 2.24) is 10.2 Å². The molecular weight excluding hydrogens is 244 g/mol. The predicted octanol–water partition coefficient (Wildman–Crippen LogP) is -0.00950. The molecule has 2 saturated heterocycles. The molecule has 2 heterocycles. The molecule has 0 bridgehead atoms. The minimum Gasteiger partial charge on any atom is -0.481 e. The number of carboxylic acid groups (broad SMARTS) is 1. The number of thioether (sulfide) groups is 1. The van der Waals surface area contributed by atoms with Crippen LogP contribution in [-0.2, 0) is 9.59 Å². The molecule has 2 fully saturated rings. The molecule has 0 aromatic heterocycles. The second-order valence-corrected chi connectivity index (χ2v) is 5.45. The lowest BCUT2D eigenvalue weighted by Gasteiger charge is -2.19. The summed E-state index contributed by atoms with van der Waals surface area (Å²) >= 11 is 1.09. The highest BCUT2D eigenvalue weighted by Gasteiger charge is 2.40. The molecule has 6 nitrogen and oxygen atoms in total. The van der Waals surface area contributed by atoms with E-state index < -0.39 is 17.9 Å². The van der Waals surface area contributed by atoms with Crippen LogP contribution in [0.3, 0.4) is 0 Å². The van der Waals surface area contributed by atoms with Gasteiger partial charge in [-0.2, -0.15) is 0 Å². The Morgan fingerprint density at radius 3 is 2.65 bits per heavy atom. The Bertz CT molecular complexity index is 373. The van der Waals surface area contributed by atoms with Crippen molar-refractivity contribution in [1.29, 1.82) is 0 Å². The number of nitrogens with zero attached hydrogens (tertiary/aromatic N) is 1. The number of amides is 2. The summed E-state index contributed by atoms with van der Waals surface area (Å²) in [5, 5.41) is 11.4. The van der Waals surface area contributed by atoms with Crippen LogP contribution in [0, 0.1) is 11.8 Å². The van der Waals surface area contributed by atoms with E-state index in [2.05, 4.69) is 5.32 Å². The zero-order valence-electron chi connectivity index (χ0n) is 9.38. The summed E-state index contributed by atoms with van der Waals surface area (Å²) in [6.07, 6.45) is 0. The summed E-state index contributed by atoms with van der Waals surface area (Å²) in [5.41, 5.74) is 0. The molecule has 2 amide bonds. The molecule has 2 aliphatic heterocycles. The van der Waals surface area contributed by atoms with E-state index in [1.54, 1.807) is 4.90 Å². The van der Waals surface area contributed by atoms with Gasteiger partial charge in [-0.3, -0.25) is 14.4 Å². The van der Waals surface area contributed by atoms with Crippen LogP contribution in [0.5, 0.6) is 0 Å².